The molecule has 3 unspecified atom stereocenters. The smallest absolute Gasteiger partial charge is 0.216 e. The van der Waals surface area contributed by atoms with Crippen molar-refractivity contribution in [2.45, 2.75) is 37.6 Å². The maximum Gasteiger partial charge on any atom is 0.216 e. The van der Waals surface area contributed by atoms with Crippen LogP contribution in [0.1, 0.15) is 6.92 Å². The Morgan fingerprint density at radius 1 is 1.28 bits per heavy atom. The number of ether oxygens (including phenoxy) is 2. The summed E-state index contributed by atoms with van der Waals surface area (Å²) in [4.78, 5) is 10.6. The Labute approximate surface area is 104 Å². The van der Waals surface area contributed by atoms with Gasteiger partial charge in [-0.05, 0) is 0 Å². The number of aliphatic hydroxyl groups excluding tert-OH is 4. The molecule has 0 aromatic carbocycles. The van der Waals surface area contributed by atoms with E-state index in [0.717, 1.165) is 0 Å². The third kappa shape index (κ3) is 3.87. The first kappa shape index (κ1) is 15.3. The lowest BCUT2D eigenvalue weighted by Gasteiger charge is -2.39. The molecule has 0 spiro atoms. The summed E-state index contributed by atoms with van der Waals surface area (Å²) in [6.07, 6.45) is -6.43. The van der Waals surface area contributed by atoms with Crippen LogP contribution in [0.4, 0.5) is 0 Å². The molecule has 0 aliphatic carbocycles. The van der Waals surface area contributed by atoms with Crippen molar-refractivity contribution in [2.75, 3.05) is 19.8 Å². The summed E-state index contributed by atoms with van der Waals surface area (Å²) >= 11 is 0. The summed E-state index contributed by atoms with van der Waals surface area (Å²) in [6, 6.07) is 0. The lowest BCUT2D eigenvalue weighted by Crippen LogP contribution is -2.59. The molecule has 8 heteroatoms. The van der Waals surface area contributed by atoms with Crippen molar-refractivity contribution in [2.24, 2.45) is 0 Å². The van der Waals surface area contributed by atoms with Crippen LogP contribution >= 0.6 is 0 Å². The standard InChI is InChI=1S/C10H19NO7/c1-5(13)11-2-3-17-10-9(16)8(15)7(14)6(4-12)18-10/h6-10,12,14-16H,2-4H2,1H3,(H,11,13)/t6?,7-,8?,9?,10+/m0/s1. The number of hydrogen-bond donors (Lipinski definition) is 5. The molecule has 0 aromatic rings. The summed E-state index contributed by atoms with van der Waals surface area (Å²) in [5.74, 6) is -0.215. The molecule has 1 aliphatic rings. The van der Waals surface area contributed by atoms with E-state index in [2.05, 4.69) is 5.32 Å². The zero-order valence-electron chi connectivity index (χ0n) is 10.0. The largest absolute Gasteiger partial charge is 0.394 e. The van der Waals surface area contributed by atoms with E-state index in [-0.39, 0.29) is 19.1 Å². The first-order valence-electron chi connectivity index (χ1n) is 5.64. The zero-order chi connectivity index (χ0) is 13.7. The fraction of sp³-hybridized carbons (Fsp3) is 0.900. The molecule has 1 amide bonds. The normalized spacial score (nSPS) is 36.4. The van der Waals surface area contributed by atoms with Gasteiger partial charge in [-0.15, -0.1) is 0 Å². The monoisotopic (exact) mass is 265 g/mol. The van der Waals surface area contributed by atoms with E-state index in [1.54, 1.807) is 0 Å². The molecular weight excluding hydrogens is 246 g/mol. The molecule has 5 N–H and O–H groups in total. The van der Waals surface area contributed by atoms with Crippen molar-refractivity contribution in [1.82, 2.24) is 5.32 Å². The van der Waals surface area contributed by atoms with Crippen LogP contribution in [-0.2, 0) is 14.3 Å². The number of hydrogen-bond acceptors (Lipinski definition) is 7. The molecule has 1 heterocycles. The fourth-order valence-electron chi connectivity index (χ4n) is 1.61. The molecule has 106 valence electrons. The van der Waals surface area contributed by atoms with Crippen LogP contribution in [0.15, 0.2) is 0 Å². The molecule has 18 heavy (non-hydrogen) atoms. The Hall–Kier alpha value is -0.770. The molecule has 5 atom stereocenters. The van der Waals surface area contributed by atoms with Crippen LogP contribution in [0, 0.1) is 0 Å². The maximum atomic E-state index is 10.6. The van der Waals surface area contributed by atoms with Crippen LogP contribution in [0.5, 0.6) is 0 Å². The van der Waals surface area contributed by atoms with Gasteiger partial charge in [0.15, 0.2) is 6.29 Å². The molecular formula is C10H19NO7. The van der Waals surface area contributed by atoms with Gasteiger partial charge in [0, 0.05) is 13.5 Å². The molecule has 1 saturated heterocycles. The van der Waals surface area contributed by atoms with Crippen molar-refractivity contribution in [1.29, 1.82) is 0 Å². The van der Waals surface area contributed by atoms with Gasteiger partial charge in [-0.3, -0.25) is 4.79 Å². The lowest BCUT2D eigenvalue weighted by atomic mass is 9.99. The van der Waals surface area contributed by atoms with E-state index in [1.807, 2.05) is 0 Å². The minimum Gasteiger partial charge on any atom is -0.394 e. The molecule has 1 aliphatic heterocycles. The summed E-state index contributed by atoms with van der Waals surface area (Å²) in [5, 5.41) is 40.0. The minimum absolute atomic E-state index is 0.0717. The number of amides is 1. The van der Waals surface area contributed by atoms with E-state index in [9.17, 15) is 20.1 Å². The van der Waals surface area contributed by atoms with Gasteiger partial charge in [-0.25, -0.2) is 0 Å². The first-order valence-corrected chi connectivity index (χ1v) is 5.64. The van der Waals surface area contributed by atoms with E-state index in [1.165, 1.54) is 6.92 Å². The van der Waals surface area contributed by atoms with Crippen molar-refractivity contribution in [3.8, 4) is 0 Å². The second-order valence-electron chi connectivity index (χ2n) is 4.05. The number of rotatable bonds is 5. The molecule has 0 bridgehead atoms. The van der Waals surface area contributed by atoms with Crippen molar-refractivity contribution >= 4 is 5.91 Å². The van der Waals surface area contributed by atoms with Crippen LogP contribution < -0.4 is 5.32 Å². The topological polar surface area (TPSA) is 128 Å². The Bertz CT molecular complexity index is 273. The maximum absolute atomic E-state index is 10.6. The predicted molar refractivity (Wildman–Crippen MR) is 58.4 cm³/mol. The molecule has 8 nitrogen and oxygen atoms in total. The van der Waals surface area contributed by atoms with Crippen molar-refractivity contribution < 1.29 is 34.7 Å². The predicted octanol–water partition coefficient (Wildman–Crippen LogP) is -3.06. The van der Waals surface area contributed by atoms with Gasteiger partial charge in [0.05, 0.1) is 13.2 Å². The molecule has 1 rings (SSSR count). The number of carbonyl (C=O) groups excluding carboxylic acids is 1. The second kappa shape index (κ2) is 6.98. The Kier molecular flexibility index (Phi) is 5.93. The average Bonchev–Trinajstić information content (AvgIpc) is 2.34. The average molecular weight is 265 g/mol. The molecule has 0 saturated carbocycles. The molecule has 1 fully saturated rings. The quantitative estimate of drug-likeness (QED) is 0.334. The minimum atomic E-state index is -1.46. The highest BCUT2D eigenvalue weighted by atomic mass is 16.7. The highest BCUT2D eigenvalue weighted by Gasteiger charge is 2.43. The number of carbonyl (C=O) groups is 1. The van der Waals surface area contributed by atoms with Gasteiger partial charge in [-0.2, -0.15) is 0 Å². The van der Waals surface area contributed by atoms with Crippen molar-refractivity contribution in [3.05, 3.63) is 0 Å². The third-order valence-corrected chi connectivity index (χ3v) is 2.61. The summed E-state index contributed by atoms with van der Waals surface area (Å²) in [5.41, 5.74) is 0. The van der Waals surface area contributed by atoms with Crippen LogP contribution in [-0.4, -0.2) is 76.8 Å². The second-order valence-corrected chi connectivity index (χ2v) is 4.05. The van der Waals surface area contributed by atoms with Gasteiger partial charge in [0.1, 0.15) is 24.4 Å². The van der Waals surface area contributed by atoms with Gasteiger partial charge in [0.2, 0.25) is 5.91 Å². The van der Waals surface area contributed by atoms with E-state index >= 15 is 0 Å². The third-order valence-electron chi connectivity index (χ3n) is 2.61. The van der Waals surface area contributed by atoms with Crippen molar-refractivity contribution in [3.63, 3.8) is 0 Å². The Morgan fingerprint density at radius 3 is 2.50 bits per heavy atom. The summed E-state index contributed by atoms with van der Waals surface area (Å²) in [7, 11) is 0. The van der Waals surface area contributed by atoms with Crippen LogP contribution in [0.2, 0.25) is 0 Å². The molecule has 0 aromatic heterocycles. The van der Waals surface area contributed by atoms with E-state index < -0.39 is 37.3 Å². The van der Waals surface area contributed by atoms with E-state index in [4.69, 9.17) is 14.6 Å². The van der Waals surface area contributed by atoms with Gasteiger partial charge < -0.3 is 35.2 Å². The van der Waals surface area contributed by atoms with Crippen LogP contribution in [0.25, 0.3) is 0 Å². The zero-order valence-corrected chi connectivity index (χ0v) is 10.0. The van der Waals surface area contributed by atoms with Crippen LogP contribution in [0.3, 0.4) is 0 Å². The highest BCUT2D eigenvalue weighted by Crippen LogP contribution is 2.21. The number of nitrogens with one attached hydrogen (secondary N) is 1. The summed E-state index contributed by atoms with van der Waals surface area (Å²) < 4.78 is 10.2. The highest BCUT2D eigenvalue weighted by molar-refractivity contribution is 5.72. The number of aliphatic hydroxyl groups is 4. The lowest BCUT2D eigenvalue weighted by molar-refractivity contribution is -0.300. The van der Waals surface area contributed by atoms with Gasteiger partial charge in [0.25, 0.3) is 0 Å². The summed E-state index contributed by atoms with van der Waals surface area (Å²) in [6.45, 7) is 1.15. The van der Waals surface area contributed by atoms with Gasteiger partial charge in [-0.1, -0.05) is 0 Å². The molecule has 0 radical (unpaired) electrons. The van der Waals surface area contributed by atoms with Gasteiger partial charge >= 0.3 is 0 Å². The SMILES string of the molecule is CC(=O)NCCO[C@@H]1OC(CO)[C@H](O)C(O)C1O. The Balaban J connectivity index is 2.41. The first-order chi connectivity index (χ1) is 8.47. The Morgan fingerprint density at radius 2 is 1.94 bits per heavy atom. The van der Waals surface area contributed by atoms with E-state index in [0.29, 0.717) is 0 Å². The fourth-order valence-corrected chi connectivity index (χ4v) is 1.61.